The zero-order valence-electron chi connectivity index (χ0n) is 11.3. The third-order valence-corrected chi connectivity index (χ3v) is 4.28. The zero-order chi connectivity index (χ0) is 14.1. The number of esters is 1. The van der Waals surface area contributed by atoms with Crippen molar-refractivity contribution in [2.45, 2.75) is 6.42 Å². The summed E-state index contributed by atoms with van der Waals surface area (Å²) in [5.41, 5.74) is 0.757. The number of carbonyl (C=O) groups excluding carboxylic acids is 2. The van der Waals surface area contributed by atoms with E-state index in [2.05, 4.69) is 11.4 Å². The van der Waals surface area contributed by atoms with Crippen LogP contribution in [0.4, 0.5) is 5.69 Å². The highest BCUT2D eigenvalue weighted by molar-refractivity contribution is 5.96. The Labute approximate surface area is 117 Å². The largest absolute Gasteiger partial charge is 0.469 e. The molecule has 4 nitrogen and oxygen atoms in total. The summed E-state index contributed by atoms with van der Waals surface area (Å²) in [4.78, 5) is 24.4. The maximum atomic E-state index is 12.5. The van der Waals surface area contributed by atoms with Crippen LogP contribution in [0.15, 0.2) is 42.5 Å². The van der Waals surface area contributed by atoms with Gasteiger partial charge in [0.1, 0.15) is 0 Å². The van der Waals surface area contributed by atoms with Crippen LogP contribution in [0.25, 0.3) is 0 Å². The molecule has 1 saturated carbocycles. The number of benzene rings is 1. The smallest absolute Gasteiger partial charge is 0.310 e. The molecule has 1 N–H and O–H groups in total. The Bertz CT molecular complexity index is 552. The summed E-state index contributed by atoms with van der Waals surface area (Å²) < 4.78 is 4.86. The number of para-hydroxylation sites is 1. The lowest BCUT2D eigenvalue weighted by molar-refractivity contribution is -0.150. The number of fused-ring (bicyclic) bond motifs is 2. The predicted molar refractivity (Wildman–Crippen MR) is 74.8 cm³/mol. The maximum absolute atomic E-state index is 12.5. The number of ether oxygens (including phenoxy) is 1. The number of nitrogens with one attached hydrogen (secondary N) is 1. The summed E-state index contributed by atoms with van der Waals surface area (Å²) >= 11 is 0. The van der Waals surface area contributed by atoms with Gasteiger partial charge in [-0.2, -0.15) is 0 Å². The monoisotopic (exact) mass is 271 g/mol. The predicted octanol–water partition coefficient (Wildman–Crippen LogP) is 2.24. The van der Waals surface area contributed by atoms with Gasteiger partial charge in [0.05, 0.1) is 18.9 Å². The summed E-state index contributed by atoms with van der Waals surface area (Å²) in [5.74, 6) is -0.762. The molecule has 104 valence electrons. The molecule has 0 saturated heterocycles. The van der Waals surface area contributed by atoms with E-state index in [0.717, 1.165) is 12.1 Å². The molecule has 0 heterocycles. The highest BCUT2D eigenvalue weighted by Gasteiger charge is 2.52. The van der Waals surface area contributed by atoms with Crippen LogP contribution in [-0.2, 0) is 14.3 Å². The lowest BCUT2D eigenvalue weighted by Crippen LogP contribution is -2.37. The van der Waals surface area contributed by atoms with Crippen molar-refractivity contribution in [3.05, 3.63) is 42.5 Å². The average Bonchev–Trinajstić information content (AvgIpc) is 3.08. The number of methoxy groups -OCH3 is 1. The molecule has 4 atom stereocenters. The molecule has 1 aromatic rings. The Kier molecular flexibility index (Phi) is 3.30. The van der Waals surface area contributed by atoms with E-state index in [4.69, 9.17) is 4.74 Å². The second-order valence-electron chi connectivity index (χ2n) is 5.38. The number of anilines is 1. The van der Waals surface area contributed by atoms with Gasteiger partial charge in [0, 0.05) is 5.69 Å². The van der Waals surface area contributed by atoms with E-state index >= 15 is 0 Å². The van der Waals surface area contributed by atoms with Crippen molar-refractivity contribution in [1.82, 2.24) is 0 Å². The number of carbonyl (C=O) groups is 2. The van der Waals surface area contributed by atoms with Crippen molar-refractivity contribution in [3.63, 3.8) is 0 Å². The van der Waals surface area contributed by atoms with Crippen LogP contribution in [0.3, 0.4) is 0 Å². The minimum atomic E-state index is -0.348. The summed E-state index contributed by atoms with van der Waals surface area (Å²) in [6, 6.07) is 9.32. The first-order chi connectivity index (χ1) is 9.70. The van der Waals surface area contributed by atoms with Crippen molar-refractivity contribution in [1.29, 1.82) is 0 Å². The number of hydrogen-bond acceptors (Lipinski definition) is 3. The van der Waals surface area contributed by atoms with Crippen LogP contribution >= 0.6 is 0 Å². The SMILES string of the molecule is COC(=O)[C@@H]1[C@@H](C(=O)Nc2ccccc2)[C@@H]2C=C[C@@H]1C2. The van der Waals surface area contributed by atoms with Crippen molar-refractivity contribution in [2.75, 3.05) is 12.4 Å². The third kappa shape index (κ3) is 2.11. The molecule has 2 bridgehead atoms. The van der Waals surface area contributed by atoms with Crippen LogP contribution < -0.4 is 5.32 Å². The van der Waals surface area contributed by atoms with Gasteiger partial charge < -0.3 is 10.1 Å². The fourth-order valence-electron chi connectivity index (χ4n) is 3.38. The molecule has 1 aromatic carbocycles. The molecule has 20 heavy (non-hydrogen) atoms. The fraction of sp³-hybridized carbons (Fsp3) is 0.375. The normalized spacial score (nSPS) is 30.2. The molecule has 1 fully saturated rings. The molecular weight excluding hydrogens is 254 g/mol. The summed E-state index contributed by atoms with van der Waals surface area (Å²) in [6.07, 6.45) is 4.96. The first-order valence-electron chi connectivity index (χ1n) is 6.83. The number of amides is 1. The van der Waals surface area contributed by atoms with E-state index in [-0.39, 0.29) is 35.5 Å². The topological polar surface area (TPSA) is 55.4 Å². The Morgan fingerprint density at radius 2 is 1.75 bits per heavy atom. The van der Waals surface area contributed by atoms with E-state index in [9.17, 15) is 9.59 Å². The second kappa shape index (κ2) is 5.12. The van der Waals surface area contributed by atoms with Crippen molar-refractivity contribution >= 4 is 17.6 Å². The maximum Gasteiger partial charge on any atom is 0.310 e. The number of rotatable bonds is 3. The van der Waals surface area contributed by atoms with Crippen molar-refractivity contribution < 1.29 is 14.3 Å². The highest BCUT2D eigenvalue weighted by Crippen LogP contribution is 2.48. The third-order valence-electron chi connectivity index (χ3n) is 4.28. The quantitative estimate of drug-likeness (QED) is 0.677. The van der Waals surface area contributed by atoms with Gasteiger partial charge in [-0.15, -0.1) is 0 Å². The summed E-state index contributed by atoms with van der Waals surface area (Å²) in [7, 11) is 1.38. The number of allylic oxidation sites excluding steroid dienone is 2. The Morgan fingerprint density at radius 3 is 2.40 bits per heavy atom. The van der Waals surface area contributed by atoms with Crippen molar-refractivity contribution in [2.24, 2.45) is 23.7 Å². The molecule has 2 aliphatic rings. The van der Waals surface area contributed by atoms with Gasteiger partial charge in [-0.25, -0.2) is 0 Å². The van der Waals surface area contributed by atoms with Gasteiger partial charge in [0.25, 0.3) is 0 Å². The standard InChI is InChI=1S/C16H17NO3/c1-20-16(19)14-11-8-7-10(9-11)13(14)15(18)17-12-5-3-2-4-6-12/h2-8,10-11,13-14H,9H2,1H3,(H,17,18)/t10-,11-,13+,14+/m1/s1. The van der Waals surface area contributed by atoms with Crippen LogP contribution in [0.2, 0.25) is 0 Å². The lowest BCUT2D eigenvalue weighted by Gasteiger charge is -2.25. The second-order valence-corrected chi connectivity index (χ2v) is 5.38. The summed E-state index contributed by atoms with van der Waals surface area (Å²) in [5, 5.41) is 2.90. The summed E-state index contributed by atoms with van der Waals surface area (Å²) in [6.45, 7) is 0. The van der Waals surface area contributed by atoms with Crippen LogP contribution in [0, 0.1) is 23.7 Å². The minimum Gasteiger partial charge on any atom is -0.469 e. The van der Waals surface area contributed by atoms with E-state index in [1.165, 1.54) is 7.11 Å². The van der Waals surface area contributed by atoms with Crippen LogP contribution in [-0.4, -0.2) is 19.0 Å². The van der Waals surface area contributed by atoms with Crippen LogP contribution in [0.1, 0.15) is 6.42 Å². The van der Waals surface area contributed by atoms with Gasteiger partial charge in [0.2, 0.25) is 5.91 Å². The molecule has 0 aliphatic heterocycles. The average molecular weight is 271 g/mol. The molecule has 0 radical (unpaired) electrons. The van der Waals surface area contributed by atoms with E-state index in [0.29, 0.717) is 0 Å². The fourth-order valence-corrected chi connectivity index (χ4v) is 3.38. The molecule has 0 unspecified atom stereocenters. The first kappa shape index (κ1) is 12.9. The number of hydrogen-bond donors (Lipinski definition) is 1. The van der Waals surface area contributed by atoms with Gasteiger partial charge in [-0.05, 0) is 30.4 Å². The van der Waals surface area contributed by atoms with Crippen LogP contribution in [0.5, 0.6) is 0 Å². The van der Waals surface area contributed by atoms with E-state index in [1.807, 2.05) is 36.4 Å². The molecular formula is C16H17NO3. The minimum absolute atomic E-state index is 0.0940. The molecule has 3 rings (SSSR count). The Morgan fingerprint density at radius 1 is 1.10 bits per heavy atom. The molecule has 0 aromatic heterocycles. The molecule has 0 spiro atoms. The Balaban J connectivity index is 1.79. The molecule has 1 amide bonds. The zero-order valence-corrected chi connectivity index (χ0v) is 11.3. The van der Waals surface area contributed by atoms with E-state index in [1.54, 1.807) is 0 Å². The van der Waals surface area contributed by atoms with Crippen molar-refractivity contribution in [3.8, 4) is 0 Å². The van der Waals surface area contributed by atoms with Gasteiger partial charge in [0.15, 0.2) is 0 Å². The first-order valence-corrected chi connectivity index (χ1v) is 6.83. The Hall–Kier alpha value is -2.10. The van der Waals surface area contributed by atoms with Gasteiger partial charge >= 0.3 is 5.97 Å². The van der Waals surface area contributed by atoms with Gasteiger partial charge in [-0.1, -0.05) is 30.4 Å². The lowest BCUT2D eigenvalue weighted by atomic mass is 9.82. The molecule has 4 heteroatoms. The molecule has 2 aliphatic carbocycles. The van der Waals surface area contributed by atoms with E-state index < -0.39 is 0 Å². The van der Waals surface area contributed by atoms with Gasteiger partial charge in [-0.3, -0.25) is 9.59 Å². The highest BCUT2D eigenvalue weighted by atomic mass is 16.5.